The van der Waals surface area contributed by atoms with Crippen LogP contribution in [0.1, 0.15) is 19.3 Å². The summed E-state index contributed by atoms with van der Waals surface area (Å²) < 4.78 is 15.1. The van der Waals surface area contributed by atoms with Gasteiger partial charge in [-0.05, 0) is 63.4 Å². The largest absolute Gasteiger partial charge is 0.324 e. The number of carbonyl (C=O) groups is 1. The van der Waals surface area contributed by atoms with Crippen LogP contribution in [0.15, 0.2) is 30.7 Å². The molecule has 0 aliphatic carbocycles. The number of nitrogens with zero attached hydrogens (tertiary/aromatic N) is 5. The molecule has 0 bridgehead atoms. The number of rotatable bonds is 3. The number of piperidine rings is 1. The summed E-state index contributed by atoms with van der Waals surface area (Å²) in [6.07, 6.45) is 8.11. The van der Waals surface area contributed by atoms with Crippen molar-refractivity contribution in [2.75, 3.05) is 38.5 Å². The lowest BCUT2D eigenvalue weighted by Gasteiger charge is -2.32. The Morgan fingerprint density at radius 2 is 2.00 bits per heavy atom. The van der Waals surface area contributed by atoms with Gasteiger partial charge in [0, 0.05) is 19.3 Å². The van der Waals surface area contributed by atoms with Crippen LogP contribution in [-0.2, 0) is 0 Å². The van der Waals surface area contributed by atoms with E-state index in [4.69, 9.17) is 0 Å². The molecule has 0 radical (unpaired) electrons. The van der Waals surface area contributed by atoms with Crippen molar-refractivity contribution in [3.8, 4) is 5.82 Å². The Morgan fingerprint density at radius 1 is 1.22 bits per heavy atom. The zero-order chi connectivity index (χ0) is 18.8. The van der Waals surface area contributed by atoms with Gasteiger partial charge in [-0.3, -0.25) is 0 Å². The highest BCUT2D eigenvalue weighted by Crippen LogP contribution is 2.31. The number of urea groups is 1. The van der Waals surface area contributed by atoms with E-state index in [0.717, 1.165) is 32.6 Å². The molecule has 1 N–H and O–H groups in total. The first-order chi connectivity index (χ1) is 13.1. The summed E-state index contributed by atoms with van der Waals surface area (Å²) in [5.74, 6) is 0.962. The number of hydrogen-bond donors (Lipinski definition) is 1. The predicted molar refractivity (Wildman–Crippen MR) is 100 cm³/mol. The van der Waals surface area contributed by atoms with Crippen LogP contribution >= 0.6 is 0 Å². The topological polar surface area (TPSA) is 66.3 Å². The van der Waals surface area contributed by atoms with Crippen molar-refractivity contribution in [3.05, 3.63) is 36.5 Å². The van der Waals surface area contributed by atoms with Crippen LogP contribution in [0.3, 0.4) is 0 Å². The van der Waals surface area contributed by atoms with Gasteiger partial charge in [0.15, 0.2) is 11.6 Å². The lowest BCUT2D eigenvalue weighted by atomic mass is 9.84. The van der Waals surface area contributed by atoms with E-state index in [2.05, 4.69) is 27.3 Å². The van der Waals surface area contributed by atoms with Crippen LogP contribution in [0, 0.1) is 17.7 Å². The van der Waals surface area contributed by atoms with Gasteiger partial charge in [-0.15, -0.1) is 0 Å². The van der Waals surface area contributed by atoms with Crippen molar-refractivity contribution in [2.45, 2.75) is 19.3 Å². The number of likely N-dealkylation sites (tertiary alicyclic amines) is 2. The van der Waals surface area contributed by atoms with Crippen LogP contribution in [0.2, 0.25) is 0 Å². The fourth-order valence-corrected chi connectivity index (χ4v) is 4.11. The van der Waals surface area contributed by atoms with Crippen LogP contribution in [0.25, 0.3) is 5.82 Å². The highest BCUT2D eigenvalue weighted by molar-refractivity contribution is 5.89. The minimum Gasteiger partial charge on any atom is -0.324 e. The number of nitrogens with one attached hydrogen (secondary N) is 1. The van der Waals surface area contributed by atoms with E-state index >= 15 is 0 Å². The normalized spacial score (nSPS) is 21.6. The quantitative estimate of drug-likeness (QED) is 0.899. The third-order valence-electron chi connectivity index (χ3n) is 5.73. The maximum atomic E-state index is 13.8. The van der Waals surface area contributed by atoms with Gasteiger partial charge in [-0.2, -0.15) is 5.10 Å². The van der Waals surface area contributed by atoms with Crippen molar-refractivity contribution >= 4 is 11.7 Å². The van der Waals surface area contributed by atoms with E-state index in [1.807, 2.05) is 4.90 Å². The minimum atomic E-state index is -0.459. The second-order valence-electron chi connectivity index (χ2n) is 7.55. The fraction of sp³-hybridized carbons (Fsp3) is 0.526. The summed E-state index contributed by atoms with van der Waals surface area (Å²) in [6.45, 7) is 3.89. The molecule has 27 heavy (non-hydrogen) atoms. The van der Waals surface area contributed by atoms with Gasteiger partial charge in [0.05, 0.1) is 18.1 Å². The number of hydrogen-bond acceptors (Lipinski definition) is 4. The molecule has 0 aromatic carbocycles. The maximum absolute atomic E-state index is 13.8. The highest BCUT2D eigenvalue weighted by atomic mass is 19.1. The molecular weight excluding hydrogens is 347 g/mol. The first-order valence-electron chi connectivity index (χ1n) is 9.50. The van der Waals surface area contributed by atoms with Gasteiger partial charge in [0.25, 0.3) is 0 Å². The Labute approximate surface area is 158 Å². The number of amides is 2. The molecule has 2 aliphatic rings. The Bertz CT molecular complexity index is 801. The van der Waals surface area contributed by atoms with E-state index in [9.17, 15) is 9.18 Å². The van der Waals surface area contributed by atoms with Gasteiger partial charge in [0.2, 0.25) is 0 Å². The summed E-state index contributed by atoms with van der Waals surface area (Å²) in [4.78, 5) is 20.8. The number of anilines is 1. The molecule has 7 nitrogen and oxygen atoms in total. The van der Waals surface area contributed by atoms with E-state index in [0.29, 0.717) is 17.5 Å². The Hall–Kier alpha value is -2.48. The average Bonchev–Trinajstić information content (AvgIpc) is 3.33. The number of halogens is 1. The second-order valence-corrected chi connectivity index (χ2v) is 7.55. The van der Waals surface area contributed by atoms with Gasteiger partial charge in [-0.25, -0.2) is 18.9 Å². The molecule has 144 valence electrons. The number of carbonyl (C=O) groups excluding carboxylic acids is 1. The molecule has 1 unspecified atom stereocenters. The van der Waals surface area contributed by atoms with Crippen LogP contribution < -0.4 is 5.32 Å². The van der Waals surface area contributed by atoms with E-state index in [1.54, 1.807) is 6.20 Å². The number of pyridine rings is 1. The Morgan fingerprint density at radius 3 is 2.78 bits per heavy atom. The summed E-state index contributed by atoms with van der Waals surface area (Å²) in [7, 11) is 2.17. The number of aromatic nitrogens is 3. The molecule has 4 heterocycles. The van der Waals surface area contributed by atoms with Crippen LogP contribution in [0.4, 0.5) is 14.9 Å². The smallest absolute Gasteiger partial charge is 0.321 e. The van der Waals surface area contributed by atoms with Crippen LogP contribution in [0.5, 0.6) is 0 Å². The molecule has 2 aromatic heterocycles. The zero-order valence-electron chi connectivity index (χ0n) is 15.5. The van der Waals surface area contributed by atoms with E-state index < -0.39 is 5.82 Å². The van der Waals surface area contributed by atoms with Crippen molar-refractivity contribution in [1.82, 2.24) is 24.6 Å². The second kappa shape index (κ2) is 7.64. The van der Waals surface area contributed by atoms with Crippen molar-refractivity contribution < 1.29 is 9.18 Å². The standard InChI is InChI=1S/C19H25FN6O/c1-24-8-4-14(5-9-24)15-6-10-25(12-15)19(27)23-16-11-22-26(13-16)18-17(20)3-2-7-21-18/h2-3,7,11,13-15H,4-6,8-10,12H2,1H3,(H,23,27). The molecule has 2 saturated heterocycles. The first-order valence-corrected chi connectivity index (χ1v) is 9.50. The van der Waals surface area contributed by atoms with Crippen molar-refractivity contribution in [3.63, 3.8) is 0 Å². The summed E-state index contributed by atoms with van der Waals surface area (Å²) >= 11 is 0. The Balaban J connectivity index is 1.34. The highest BCUT2D eigenvalue weighted by Gasteiger charge is 2.33. The molecule has 2 aromatic rings. The predicted octanol–water partition coefficient (Wildman–Crippen LogP) is 2.60. The van der Waals surface area contributed by atoms with Gasteiger partial charge >= 0.3 is 6.03 Å². The summed E-state index contributed by atoms with van der Waals surface area (Å²) in [5, 5.41) is 6.97. The molecule has 2 aliphatic heterocycles. The lowest BCUT2D eigenvalue weighted by molar-refractivity contribution is 0.170. The molecule has 2 fully saturated rings. The van der Waals surface area contributed by atoms with Gasteiger partial charge in [-0.1, -0.05) is 0 Å². The monoisotopic (exact) mass is 372 g/mol. The van der Waals surface area contributed by atoms with E-state index in [1.165, 1.54) is 42.0 Å². The molecule has 1 atom stereocenters. The third kappa shape index (κ3) is 3.95. The third-order valence-corrected chi connectivity index (χ3v) is 5.73. The van der Waals surface area contributed by atoms with Crippen molar-refractivity contribution in [2.24, 2.45) is 11.8 Å². The van der Waals surface area contributed by atoms with Gasteiger partial charge in [0.1, 0.15) is 0 Å². The summed E-state index contributed by atoms with van der Waals surface area (Å²) in [6, 6.07) is 2.74. The maximum Gasteiger partial charge on any atom is 0.321 e. The molecule has 0 saturated carbocycles. The average molecular weight is 372 g/mol. The molecule has 8 heteroatoms. The summed E-state index contributed by atoms with van der Waals surface area (Å²) in [5.41, 5.74) is 0.535. The lowest BCUT2D eigenvalue weighted by Crippen LogP contribution is -2.36. The fourth-order valence-electron chi connectivity index (χ4n) is 4.11. The molecule has 2 amide bonds. The molecular formula is C19H25FN6O. The SMILES string of the molecule is CN1CCC(C2CCN(C(=O)Nc3cnn(-c4ncccc4F)c3)C2)CC1. The Kier molecular flexibility index (Phi) is 5.07. The van der Waals surface area contributed by atoms with E-state index in [-0.39, 0.29) is 11.8 Å². The van der Waals surface area contributed by atoms with Crippen LogP contribution in [-0.4, -0.2) is 63.8 Å². The minimum absolute atomic E-state index is 0.113. The molecule has 4 rings (SSSR count). The van der Waals surface area contributed by atoms with Gasteiger partial charge < -0.3 is 15.1 Å². The zero-order valence-corrected chi connectivity index (χ0v) is 15.5. The molecule has 0 spiro atoms. The first kappa shape index (κ1) is 17.9. The van der Waals surface area contributed by atoms with Crippen molar-refractivity contribution in [1.29, 1.82) is 0 Å².